The minimum absolute atomic E-state index is 0.224. The van der Waals surface area contributed by atoms with Gasteiger partial charge in [0.15, 0.2) is 11.5 Å². The highest BCUT2D eigenvalue weighted by Gasteiger charge is 2.26. The molecule has 0 aliphatic carbocycles. The molecule has 0 unspecified atom stereocenters. The molecule has 0 N–H and O–H groups in total. The van der Waals surface area contributed by atoms with Crippen LogP contribution in [0.5, 0.6) is 11.5 Å². The molecule has 0 amide bonds. The lowest BCUT2D eigenvalue weighted by molar-refractivity contribution is -0.129. The fourth-order valence-corrected chi connectivity index (χ4v) is 2.16. The van der Waals surface area contributed by atoms with Gasteiger partial charge in [-0.3, -0.25) is 9.48 Å². The molecule has 116 valence electrons. The second-order valence-electron chi connectivity index (χ2n) is 4.77. The molecule has 22 heavy (non-hydrogen) atoms. The van der Waals surface area contributed by atoms with Gasteiger partial charge in [-0.25, -0.2) is 4.79 Å². The summed E-state index contributed by atoms with van der Waals surface area (Å²) >= 11 is 0. The number of esters is 1. The lowest BCUT2D eigenvalue weighted by atomic mass is 10.1. The predicted molar refractivity (Wildman–Crippen MR) is 80.3 cm³/mol. The summed E-state index contributed by atoms with van der Waals surface area (Å²) in [5, 5.41) is 4.13. The van der Waals surface area contributed by atoms with Crippen LogP contribution in [0.2, 0.25) is 0 Å². The van der Waals surface area contributed by atoms with E-state index < -0.39 is 11.8 Å². The molecule has 6 nitrogen and oxygen atoms in total. The van der Waals surface area contributed by atoms with Gasteiger partial charge in [0.25, 0.3) is 5.78 Å². The largest absolute Gasteiger partial charge is 0.490 e. The Hall–Kier alpha value is -2.63. The van der Waals surface area contributed by atoms with E-state index in [9.17, 15) is 9.59 Å². The first-order chi connectivity index (χ1) is 10.5. The van der Waals surface area contributed by atoms with E-state index in [4.69, 9.17) is 9.47 Å². The normalized spacial score (nSPS) is 10.4. The molecule has 0 radical (unpaired) electrons. The number of ketones is 1. The van der Waals surface area contributed by atoms with Crippen LogP contribution in [0.15, 0.2) is 24.3 Å². The topological polar surface area (TPSA) is 70.4 Å². The average molecular weight is 302 g/mol. The number of ether oxygens (including phenoxy) is 2. The Morgan fingerprint density at radius 2 is 1.82 bits per heavy atom. The summed E-state index contributed by atoms with van der Waals surface area (Å²) < 4.78 is 12.1. The van der Waals surface area contributed by atoms with Crippen LogP contribution in [-0.4, -0.2) is 28.1 Å². The summed E-state index contributed by atoms with van der Waals surface area (Å²) in [5.41, 5.74) is 1.40. The number of carbonyl (C=O) groups is 2. The number of aromatic nitrogens is 2. The molecule has 0 saturated heterocycles. The molecule has 0 aliphatic rings. The van der Waals surface area contributed by atoms with Crippen molar-refractivity contribution in [2.75, 3.05) is 6.61 Å². The van der Waals surface area contributed by atoms with Crippen molar-refractivity contribution in [3.05, 3.63) is 41.2 Å². The summed E-state index contributed by atoms with van der Waals surface area (Å²) in [5.74, 6) is -1.02. The Balaban J connectivity index is 2.24. The molecule has 0 spiro atoms. The van der Waals surface area contributed by atoms with Crippen molar-refractivity contribution in [1.82, 2.24) is 9.78 Å². The number of aryl methyl sites for hydroxylation is 2. The fraction of sp³-hybridized carbons (Fsp3) is 0.312. The quantitative estimate of drug-likeness (QED) is 0.366. The smallest absolute Gasteiger partial charge is 0.385 e. The first-order valence-electron chi connectivity index (χ1n) is 6.94. The van der Waals surface area contributed by atoms with Crippen LogP contribution in [0.4, 0.5) is 0 Å². The third-order valence-corrected chi connectivity index (χ3v) is 3.27. The minimum Gasteiger partial charge on any atom is -0.490 e. The number of hydrogen-bond donors (Lipinski definition) is 0. The molecule has 0 bridgehead atoms. The molecule has 0 aliphatic heterocycles. The van der Waals surface area contributed by atoms with Crippen molar-refractivity contribution >= 4 is 11.8 Å². The molecule has 0 saturated carbocycles. The summed E-state index contributed by atoms with van der Waals surface area (Å²) in [6, 6.07) is 6.73. The van der Waals surface area contributed by atoms with Crippen LogP contribution in [0.1, 0.15) is 28.7 Å². The minimum atomic E-state index is -0.952. The molecular weight excluding hydrogens is 284 g/mol. The fourth-order valence-electron chi connectivity index (χ4n) is 2.16. The van der Waals surface area contributed by atoms with E-state index in [1.165, 1.54) is 0 Å². The van der Waals surface area contributed by atoms with Crippen LogP contribution in [0.3, 0.4) is 0 Å². The van der Waals surface area contributed by atoms with Crippen LogP contribution >= 0.6 is 0 Å². The van der Waals surface area contributed by atoms with Gasteiger partial charge in [0.1, 0.15) is 0 Å². The number of Topliss-reactive ketones (excluding diaryl/α,β-unsaturated/α-hetero) is 1. The first-order valence-corrected chi connectivity index (χ1v) is 6.94. The van der Waals surface area contributed by atoms with Gasteiger partial charge in [-0.15, -0.1) is 0 Å². The van der Waals surface area contributed by atoms with E-state index in [1.807, 2.05) is 6.92 Å². The summed E-state index contributed by atoms with van der Waals surface area (Å²) in [6.45, 7) is 5.67. The van der Waals surface area contributed by atoms with Crippen molar-refractivity contribution in [2.45, 2.75) is 20.8 Å². The Morgan fingerprint density at radius 1 is 1.18 bits per heavy atom. The van der Waals surface area contributed by atoms with Gasteiger partial charge in [0, 0.05) is 12.7 Å². The van der Waals surface area contributed by atoms with Crippen LogP contribution in [0, 0.1) is 13.8 Å². The maximum atomic E-state index is 12.3. The number of hydrogen-bond acceptors (Lipinski definition) is 5. The van der Waals surface area contributed by atoms with Crippen molar-refractivity contribution in [3.8, 4) is 11.5 Å². The van der Waals surface area contributed by atoms with Gasteiger partial charge >= 0.3 is 5.97 Å². The third-order valence-electron chi connectivity index (χ3n) is 3.27. The van der Waals surface area contributed by atoms with Gasteiger partial charge in [0.05, 0.1) is 17.9 Å². The summed E-state index contributed by atoms with van der Waals surface area (Å²) in [7, 11) is 1.72. The molecule has 1 aromatic heterocycles. The van der Waals surface area contributed by atoms with Gasteiger partial charge in [0.2, 0.25) is 0 Å². The number of para-hydroxylation sites is 2. The second-order valence-corrected chi connectivity index (χ2v) is 4.77. The first kappa shape index (κ1) is 15.8. The molecule has 0 fully saturated rings. The third kappa shape index (κ3) is 3.00. The molecule has 1 aromatic carbocycles. The lowest BCUT2D eigenvalue weighted by Gasteiger charge is -2.09. The van der Waals surface area contributed by atoms with Gasteiger partial charge in [-0.1, -0.05) is 12.1 Å². The standard InChI is InChI=1S/C16H18N2O4/c1-5-21-12-8-6-7-9-13(12)22-16(20)15(19)14-10(2)17-18(4)11(14)3/h6-9H,5H2,1-4H3. The Kier molecular flexibility index (Phi) is 4.60. The van der Waals surface area contributed by atoms with Crippen molar-refractivity contribution in [3.63, 3.8) is 0 Å². The van der Waals surface area contributed by atoms with Gasteiger partial charge < -0.3 is 9.47 Å². The maximum absolute atomic E-state index is 12.3. The number of carbonyl (C=O) groups excluding carboxylic acids is 2. The van der Waals surface area contributed by atoms with E-state index in [2.05, 4.69) is 5.10 Å². The Bertz CT molecular complexity index is 719. The lowest BCUT2D eigenvalue weighted by Crippen LogP contribution is -2.22. The number of nitrogens with zero attached hydrogens (tertiary/aromatic N) is 2. The predicted octanol–water partition coefficient (Wildman–Crippen LogP) is 2.22. The maximum Gasteiger partial charge on any atom is 0.385 e. The highest BCUT2D eigenvalue weighted by Crippen LogP contribution is 2.27. The van der Waals surface area contributed by atoms with E-state index >= 15 is 0 Å². The number of rotatable bonds is 5. The van der Waals surface area contributed by atoms with E-state index in [0.717, 1.165) is 0 Å². The molecule has 2 aromatic rings. The Labute approximate surface area is 128 Å². The van der Waals surface area contributed by atoms with Crippen molar-refractivity contribution in [2.24, 2.45) is 7.05 Å². The second kappa shape index (κ2) is 6.43. The van der Waals surface area contributed by atoms with Crippen LogP contribution in [0.25, 0.3) is 0 Å². The molecule has 0 atom stereocenters. The SMILES string of the molecule is CCOc1ccccc1OC(=O)C(=O)c1c(C)nn(C)c1C. The van der Waals surface area contributed by atoms with E-state index in [-0.39, 0.29) is 11.3 Å². The zero-order valence-corrected chi connectivity index (χ0v) is 13.0. The van der Waals surface area contributed by atoms with Crippen molar-refractivity contribution in [1.29, 1.82) is 0 Å². The monoisotopic (exact) mass is 302 g/mol. The van der Waals surface area contributed by atoms with Gasteiger partial charge in [-0.2, -0.15) is 5.10 Å². The summed E-state index contributed by atoms with van der Waals surface area (Å²) in [4.78, 5) is 24.4. The zero-order valence-electron chi connectivity index (χ0n) is 13.0. The van der Waals surface area contributed by atoms with E-state index in [0.29, 0.717) is 23.7 Å². The van der Waals surface area contributed by atoms with Gasteiger partial charge in [-0.05, 0) is 32.9 Å². The molecule has 6 heteroatoms. The molecule has 1 heterocycles. The highest BCUT2D eigenvalue weighted by molar-refractivity contribution is 6.41. The molecule has 2 rings (SSSR count). The highest BCUT2D eigenvalue weighted by atomic mass is 16.6. The average Bonchev–Trinajstić information content (AvgIpc) is 2.73. The number of benzene rings is 1. The van der Waals surface area contributed by atoms with Crippen LogP contribution < -0.4 is 9.47 Å². The van der Waals surface area contributed by atoms with Crippen LogP contribution in [-0.2, 0) is 11.8 Å². The summed E-state index contributed by atoms with van der Waals surface area (Å²) in [6.07, 6.45) is 0. The van der Waals surface area contributed by atoms with E-state index in [1.54, 1.807) is 49.8 Å². The molecular formula is C16H18N2O4. The zero-order chi connectivity index (χ0) is 16.3. The Morgan fingerprint density at radius 3 is 2.36 bits per heavy atom. The van der Waals surface area contributed by atoms with Crippen molar-refractivity contribution < 1.29 is 19.1 Å².